The van der Waals surface area contributed by atoms with Gasteiger partial charge in [-0.1, -0.05) is 31.2 Å². The van der Waals surface area contributed by atoms with Crippen molar-refractivity contribution in [2.45, 2.75) is 25.8 Å². The first-order valence-corrected chi connectivity index (χ1v) is 6.96. The Balaban J connectivity index is 2.02. The summed E-state index contributed by atoms with van der Waals surface area (Å²) in [6.45, 7) is 2.24. The highest BCUT2D eigenvalue weighted by molar-refractivity contribution is 5.35. The van der Waals surface area contributed by atoms with Crippen LogP contribution in [0.2, 0.25) is 0 Å². The fourth-order valence-corrected chi connectivity index (χ4v) is 2.01. The Labute approximate surface area is 120 Å². The first-order chi connectivity index (χ1) is 9.72. The highest BCUT2D eigenvalue weighted by Gasteiger charge is 2.03. The largest absolute Gasteiger partial charge is 0.457 e. The lowest BCUT2D eigenvalue weighted by Crippen LogP contribution is -2.07. The second kappa shape index (κ2) is 7.08. The van der Waals surface area contributed by atoms with E-state index in [4.69, 9.17) is 15.6 Å². The number of ether oxygens (including phenoxy) is 1. The second-order valence-electron chi connectivity index (χ2n) is 4.80. The molecule has 0 aliphatic rings. The molecule has 1 atom stereocenters. The van der Waals surface area contributed by atoms with Gasteiger partial charge in [0.2, 0.25) is 0 Å². The minimum absolute atomic E-state index is 0.0850. The Hall–Kier alpha value is -1.84. The molecule has 0 bridgehead atoms. The molecule has 0 radical (unpaired) electrons. The van der Waals surface area contributed by atoms with E-state index in [-0.39, 0.29) is 12.6 Å². The summed E-state index contributed by atoms with van der Waals surface area (Å²) in [5.41, 5.74) is 8.21. The Morgan fingerprint density at radius 3 is 2.05 bits per heavy atom. The molecule has 20 heavy (non-hydrogen) atoms. The maximum absolute atomic E-state index is 8.87. The molecule has 106 valence electrons. The highest BCUT2D eigenvalue weighted by Crippen LogP contribution is 2.24. The number of nitrogens with two attached hydrogens (primary N) is 1. The Bertz CT molecular complexity index is 520. The van der Waals surface area contributed by atoms with Gasteiger partial charge in [-0.05, 0) is 48.2 Å². The summed E-state index contributed by atoms with van der Waals surface area (Å²) in [4.78, 5) is 0. The van der Waals surface area contributed by atoms with Gasteiger partial charge in [-0.3, -0.25) is 0 Å². The van der Waals surface area contributed by atoms with E-state index in [0.717, 1.165) is 29.0 Å². The third-order valence-corrected chi connectivity index (χ3v) is 3.31. The summed E-state index contributed by atoms with van der Waals surface area (Å²) in [5, 5.41) is 8.87. The van der Waals surface area contributed by atoms with Crippen LogP contribution in [-0.4, -0.2) is 11.7 Å². The van der Waals surface area contributed by atoms with Crippen LogP contribution < -0.4 is 10.5 Å². The minimum Gasteiger partial charge on any atom is -0.457 e. The van der Waals surface area contributed by atoms with Crippen molar-refractivity contribution in [3.8, 4) is 11.5 Å². The molecule has 0 saturated carbocycles. The average molecular weight is 271 g/mol. The molecule has 0 aliphatic carbocycles. The summed E-state index contributed by atoms with van der Waals surface area (Å²) in [7, 11) is 0. The molecule has 0 unspecified atom stereocenters. The molecular weight excluding hydrogens is 250 g/mol. The van der Waals surface area contributed by atoms with Crippen molar-refractivity contribution >= 4 is 0 Å². The van der Waals surface area contributed by atoms with Crippen LogP contribution in [-0.2, 0) is 6.42 Å². The number of hydrogen-bond donors (Lipinski definition) is 2. The Morgan fingerprint density at radius 1 is 1.00 bits per heavy atom. The highest BCUT2D eigenvalue weighted by atomic mass is 16.5. The number of rotatable bonds is 6. The van der Waals surface area contributed by atoms with Crippen LogP contribution >= 0.6 is 0 Å². The van der Waals surface area contributed by atoms with Crippen molar-refractivity contribution in [1.82, 2.24) is 0 Å². The monoisotopic (exact) mass is 271 g/mol. The molecule has 3 N–H and O–H groups in total. The van der Waals surface area contributed by atoms with Crippen LogP contribution in [0, 0.1) is 0 Å². The topological polar surface area (TPSA) is 55.5 Å². The maximum atomic E-state index is 8.87. The maximum Gasteiger partial charge on any atom is 0.127 e. The fourth-order valence-electron chi connectivity index (χ4n) is 2.01. The van der Waals surface area contributed by atoms with E-state index in [1.54, 1.807) is 0 Å². The van der Waals surface area contributed by atoms with Crippen molar-refractivity contribution in [2.24, 2.45) is 5.73 Å². The molecule has 0 amide bonds. The van der Waals surface area contributed by atoms with Crippen molar-refractivity contribution in [3.05, 3.63) is 59.7 Å². The van der Waals surface area contributed by atoms with Gasteiger partial charge >= 0.3 is 0 Å². The van der Waals surface area contributed by atoms with Crippen LogP contribution in [0.3, 0.4) is 0 Å². The third-order valence-electron chi connectivity index (χ3n) is 3.31. The van der Waals surface area contributed by atoms with Crippen molar-refractivity contribution in [1.29, 1.82) is 0 Å². The molecule has 2 aromatic carbocycles. The quantitative estimate of drug-likeness (QED) is 0.846. The van der Waals surface area contributed by atoms with E-state index in [2.05, 4.69) is 6.92 Å². The Morgan fingerprint density at radius 2 is 1.55 bits per heavy atom. The molecule has 2 aromatic rings. The van der Waals surface area contributed by atoms with Gasteiger partial charge in [0.15, 0.2) is 0 Å². The van der Waals surface area contributed by atoms with Crippen LogP contribution in [0.5, 0.6) is 11.5 Å². The molecule has 0 aromatic heterocycles. The lowest BCUT2D eigenvalue weighted by atomic mass is 10.1. The van der Waals surface area contributed by atoms with Crippen molar-refractivity contribution in [3.63, 3.8) is 0 Å². The molecule has 0 heterocycles. The molecule has 3 nitrogen and oxygen atoms in total. The summed E-state index contributed by atoms with van der Waals surface area (Å²) >= 11 is 0. The van der Waals surface area contributed by atoms with Gasteiger partial charge in [-0.2, -0.15) is 0 Å². The summed E-state index contributed by atoms with van der Waals surface area (Å²) in [6.07, 6.45) is 1.59. The molecule has 3 heteroatoms. The molecule has 0 spiro atoms. The van der Waals surface area contributed by atoms with Crippen LogP contribution in [0.4, 0.5) is 0 Å². The van der Waals surface area contributed by atoms with E-state index >= 15 is 0 Å². The van der Waals surface area contributed by atoms with Crippen molar-refractivity contribution in [2.75, 3.05) is 6.61 Å². The van der Waals surface area contributed by atoms with Gasteiger partial charge in [-0.25, -0.2) is 0 Å². The predicted octanol–water partition coefficient (Wildman–Crippen LogP) is 3.42. The van der Waals surface area contributed by atoms with Gasteiger partial charge in [0.1, 0.15) is 11.5 Å². The summed E-state index contributed by atoms with van der Waals surface area (Å²) < 4.78 is 5.78. The first-order valence-electron chi connectivity index (χ1n) is 6.96. The number of aliphatic hydroxyl groups excluding tert-OH is 1. The van der Waals surface area contributed by atoms with Gasteiger partial charge in [-0.15, -0.1) is 0 Å². The van der Waals surface area contributed by atoms with Gasteiger partial charge in [0.05, 0.1) is 0 Å². The molecule has 2 rings (SSSR count). The first kappa shape index (κ1) is 14.6. The molecular formula is C17H21NO2. The smallest absolute Gasteiger partial charge is 0.127 e. The zero-order valence-electron chi connectivity index (χ0n) is 11.8. The third kappa shape index (κ3) is 3.83. The number of aliphatic hydroxyl groups is 1. The zero-order valence-corrected chi connectivity index (χ0v) is 11.8. The standard InChI is InChI=1S/C17H21NO2/c1-2-17(18)14-5-9-16(10-6-14)20-15-7-3-13(4-8-15)11-12-19/h3-10,17,19H,2,11-12,18H2,1H3/t17-/m0/s1. The Kier molecular flexibility index (Phi) is 5.16. The van der Waals surface area contributed by atoms with E-state index in [9.17, 15) is 0 Å². The van der Waals surface area contributed by atoms with E-state index in [0.29, 0.717) is 6.42 Å². The van der Waals surface area contributed by atoms with E-state index in [1.165, 1.54) is 0 Å². The SMILES string of the molecule is CC[C@H](N)c1ccc(Oc2ccc(CCO)cc2)cc1. The summed E-state index contributed by atoms with van der Waals surface area (Å²) in [5.74, 6) is 1.59. The molecule has 0 fully saturated rings. The van der Waals surface area contributed by atoms with Crippen LogP contribution in [0.25, 0.3) is 0 Å². The lowest BCUT2D eigenvalue weighted by Gasteiger charge is -2.11. The van der Waals surface area contributed by atoms with Crippen LogP contribution in [0.1, 0.15) is 30.5 Å². The van der Waals surface area contributed by atoms with Crippen LogP contribution in [0.15, 0.2) is 48.5 Å². The molecule has 0 aliphatic heterocycles. The van der Waals surface area contributed by atoms with E-state index < -0.39 is 0 Å². The normalized spacial score (nSPS) is 12.2. The fraction of sp³-hybridized carbons (Fsp3) is 0.294. The zero-order chi connectivity index (χ0) is 14.4. The van der Waals surface area contributed by atoms with Crippen molar-refractivity contribution < 1.29 is 9.84 Å². The molecule has 0 saturated heterocycles. The number of hydrogen-bond acceptors (Lipinski definition) is 3. The van der Waals surface area contributed by atoms with Gasteiger partial charge in [0, 0.05) is 12.6 Å². The van der Waals surface area contributed by atoms with Gasteiger partial charge < -0.3 is 15.6 Å². The lowest BCUT2D eigenvalue weighted by molar-refractivity contribution is 0.299. The van der Waals surface area contributed by atoms with E-state index in [1.807, 2.05) is 48.5 Å². The van der Waals surface area contributed by atoms with Gasteiger partial charge in [0.25, 0.3) is 0 Å². The average Bonchev–Trinajstić information content (AvgIpc) is 2.49. The minimum atomic E-state index is 0.0850. The summed E-state index contributed by atoms with van der Waals surface area (Å²) in [6, 6.07) is 15.7. The number of benzene rings is 2. The predicted molar refractivity (Wildman–Crippen MR) is 81.0 cm³/mol. The second-order valence-corrected chi connectivity index (χ2v) is 4.80.